The van der Waals surface area contributed by atoms with E-state index in [1.54, 1.807) is 0 Å². The van der Waals surface area contributed by atoms with Gasteiger partial charge in [-0.1, -0.05) is 12.2 Å². The van der Waals surface area contributed by atoms with Crippen molar-refractivity contribution >= 4 is 0 Å². The van der Waals surface area contributed by atoms with Crippen molar-refractivity contribution in [3.8, 4) is 0 Å². The fraction of sp³-hybridized carbons (Fsp3) is 0.800. The quantitative estimate of drug-likeness (QED) is 0.484. The largest absolute Gasteiger partial charge is 0.0998 e. The molecule has 3 aliphatic carbocycles. The monoisotopic (exact) mass is 134 g/mol. The van der Waals surface area contributed by atoms with Gasteiger partial charge in [-0.2, -0.15) is 0 Å². The first-order valence-electron chi connectivity index (χ1n) is 4.38. The van der Waals surface area contributed by atoms with Crippen molar-refractivity contribution in [1.82, 2.24) is 0 Å². The van der Waals surface area contributed by atoms with E-state index in [0.29, 0.717) is 0 Å². The molecule has 0 heterocycles. The SMILES string of the molecule is C=C(C)C1C2(CC2)C12CC2. The first-order chi connectivity index (χ1) is 4.73. The van der Waals surface area contributed by atoms with Crippen LogP contribution in [-0.4, -0.2) is 0 Å². The van der Waals surface area contributed by atoms with Crippen LogP contribution in [0.2, 0.25) is 0 Å². The second-order valence-corrected chi connectivity index (χ2v) is 4.59. The molecule has 3 fully saturated rings. The minimum Gasteiger partial charge on any atom is -0.0998 e. The summed E-state index contributed by atoms with van der Waals surface area (Å²) in [6, 6.07) is 0. The summed E-state index contributed by atoms with van der Waals surface area (Å²) < 4.78 is 0. The van der Waals surface area contributed by atoms with Crippen LogP contribution in [0, 0.1) is 16.7 Å². The zero-order valence-corrected chi connectivity index (χ0v) is 6.61. The molecule has 54 valence electrons. The molecular weight excluding hydrogens is 120 g/mol. The van der Waals surface area contributed by atoms with Crippen LogP contribution in [0.4, 0.5) is 0 Å². The van der Waals surface area contributed by atoms with Crippen LogP contribution in [0.3, 0.4) is 0 Å². The van der Waals surface area contributed by atoms with Crippen molar-refractivity contribution < 1.29 is 0 Å². The number of rotatable bonds is 1. The number of allylic oxidation sites excluding steroid dienone is 1. The van der Waals surface area contributed by atoms with Crippen molar-refractivity contribution in [2.75, 3.05) is 0 Å². The predicted molar refractivity (Wildman–Crippen MR) is 41.6 cm³/mol. The molecule has 0 radical (unpaired) electrons. The zero-order valence-electron chi connectivity index (χ0n) is 6.61. The van der Waals surface area contributed by atoms with Crippen LogP contribution in [-0.2, 0) is 0 Å². The maximum Gasteiger partial charge on any atom is -0.00844 e. The van der Waals surface area contributed by atoms with Crippen molar-refractivity contribution in [3.63, 3.8) is 0 Å². The van der Waals surface area contributed by atoms with Gasteiger partial charge in [-0.15, -0.1) is 0 Å². The van der Waals surface area contributed by atoms with Gasteiger partial charge in [0, 0.05) is 0 Å². The molecule has 0 aromatic carbocycles. The van der Waals surface area contributed by atoms with Gasteiger partial charge in [0.1, 0.15) is 0 Å². The lowest BCUT2D eigenvalue weighted by Crippen LogP contribution is -1.79. The molecule has 3 saturated carbocycles. The van der Waals surface area contributed by atoms with E-state index in [1.807, 2.05) is 0 Å². The molecule has 3 rings (SSSR count). The van der Waals surface area contributed by atoms with Crippen LogP contribution in [0.15, 0.2) is 12.2 Å². The van der Waals surface area contributed by atoms with Crippen molar-refractivity contribution in [3.05, 3.63) is 12.2 Å². The third kappa shape index (κ3) is 0.328. The van der Waals surface area contributed by atoms with Gasteiger partial charge in [0.15, 0.2) is 0 Å². The third-order valence-electron chi connectivity index (χ3n) is 4.08. The summed E-state index contributed by atoms with van der Waals surface area (Å²) in [5.41, 5.74) is 3.16. The average molecular weight is 134 g/mol. The van der Waals surface area contributed by atoms with Gasteiger partial charge in [0.05, 0.1) is 0 Å². The summed E-state index contributed by atoms with van der Waals surface area (Å²) in [6.45, 7) is 6.31. The summed E-state index contributed by atoms with van der Waals surface area (Å²) in [5, 5.41) is 0. The van der Waals surface area contributed by atoms with Crippen molar-refractivity contribution in [1.29, 1.82) is 0 Å². The molecule has 0 aromatic rings. The van der Waals surface area contributed by atoms with Crippen molar-refractivity contribution in [2.24, 2.45) is 16.7 Å². The molecule has 0 heteroatoms. The van der Waals surface area contributed by atoms with Gasteiger partial charge in [0.25, 0.3) is 0 Å². The smallest absolute Gasteiger partial charge is 0.00844 e. The first-order valence-corrected chi connectivity index (χ1v) is 4.38. The molecule has 0 atom stereocenters. The van der Waals surface area contributed by atoms with Crippen LogP contribution in [0.1, 0.15) is 32.6 Å². The topological polar surface area (TPSA) is 0 Å². The van der Waals surface area contributed by atoms with Crippen LogP contribution < -0.4 is 0 Å². The molecule has 10 heavy (non-hydrogen) atoms. The Morgan fingerprint density at radius 2 is 1.60 bits per heavy atom. The Bertz CT molecular complexity index is 198. The van der Waals surface area contributed by atoms with Gasteiger partial charge in [0.2, 0.25) is 0 Å². The Kier molecular flexibility index (Phi) is 0.598. The lowest BCUT2D eigenvalue weighted by molar-refractivity contribution is 0.716. The minimum absolute atomic E-state index is 0.846. The van der Waals surface area contributed by atoms with E-state index in [4.69, 9.17) is 0 Å². The van der Waals surface area contributed by atoms with Crippen molar-refractivity contribution in [2.45, 2.75) is 32.6 Å². The van der Waals surface area contributed by atoms with E-state index in [-0.39, 0.29) is 0 Å². The van der Waals surface area contributed by atoms with Gasteiger partial charge in [-0.25, -0.2) is 0 Å². The molecule has 0 bridgehead atoms. The molecule has 0 amide bonds. The van der Waals surface area contributed by atoms with E-state index < -0.39 is 0 Å². The highest BCUT2D eigenvalue weighted by Gasteiger charge is 2.86. The Balaban J connectivity index is 1.97. The maximum absolute atomic E-state index is 4.09. The van der Waals surface area contributed by atoms with E-state index >= 15 is 0 Å². The highest BCUT2D eigenvalue weighted by molar-refractivity contribution is 5.41. The molecular formula is C10H14. The zero-order chi connectivity index (χ0) is 6.98. The predicted octanol–water partition coefficient (Wildman–Crippen LogP) is 2.75. The van der Waals surface area contributed by atoms with E-state index in [1.165, 1.54) is 31.3 Å². The minimum atomic E-state index is 0.846. The number of fused-ring (bicyclic) bond motifs is 1. The number of hydrogen-bond acceptors (Lipinski definition) is 0. The summed E-state index contributed by atoms with van der Waals surface area (Å²) in [4.78, 5) is 0. The van der Waals surface area contributed by atoms with E-state index in [2.05, 4.69) is 13.5 Å². The summed E-state index contributed by atoms with van der Waals surface area (Å²) >= 11 is 0. The van der Waals surface area contributed by atoms with Gasteiger partial charge in [-0.05, 0) is 49.4 Å². The molecule has 0 aromatic heterocycles. The fourth-order valence-corrected chi connectivity index (χ4v) is 3.52. The molecule has 0 N–H and O–H groups in total. The normalized spacial score (nSPS) is 41.9. The lowest BCUT2D eigenvalue weighted by atomic mass is 10.1. The second-order valence-electron chi connectivity index (χ2n) is 4.59. The van der Waals surface area contributed by atoms with Gasteiger partial charge >= 0.3 is 0 Å². The van der Waals surface area contributed by atoms with E-state index in [0.717, 1.165) is 16.7 Å². The van der Waals surface area contributed by atoms with Gasteiger partial charge < -0.3 is 0 Å². The Hall–Kier alpha value is -0.260. The molecule has 0 saturated heterocycles. The Labute approximate surface area is 62.3 Å². The maximum atomic E-state index is 4.09. The van der Waals surface area contributed by atoms with Gasteiger partial charge in [-0.3, -0.25) is 0 Å². The summed E-state index contributed by atoms with van der Waals surface area (Å²) in [7, 11) is 0. The Morgan fingerprint density at radius 3 is 1.70 bits per heavy atom. The lowest BCUT2D eigenvalue weighted by Gasteiger charge is -1.90. The third-order valence-corrected chi connectivity index (χ3v) is 4.08. The molecule has 3 aliphatic rings. The molecule has 0 nitrogen and oxygen atoms in total. The molecule has 2 spiro atoms. The molecule has 0 unspecified atom stereocenters. The second kappa shape index (κ2) is 1.11. The van der Waals surface area contributed by atoms with Crippen LogP contribution >= 0.6 is 0 Å². The highest BCUT2D eigenvalue weighted by Crippen LogP contribution is 2.93. The average Bonchev–Trinajstić information content (AvgIpc) is 2.59. The Morgan fingerprint density at radius 1 is 1.20 bits per heavy atom. The summed E-state index contributed by atoms with van der Waals surface area (Å²) in [6.07, 6.45) is 6.07. The first kappa shape index (κ1) is 5.40. The molecule has 0 aliphatic heterocycles. The van der Waals surface area contributed by atoms with Crippen LogP contribution in [0.5, 0.6) is 0 Å². The van der Waals surface area contributed by atoms with Crippen LogP contribution in [0.25, 0.3) is 0 Å². The highest BCUT2D eigenvalue weighted by atomic mass is 14.9. The number of hydrogen-bond donors (Lipinski definition) is 0. The van der Waals surface area contributed by atoms with E-state index in [9.17, 15) is 0 Å². The standard InChI is InChI=1S/C10H14/c1-7(2)8-9(3-4-9)10(8)5-6-10/h8H,1,3-6H2,2H3. The fourth-order valence-electron chi connectivity index (χ4n) is 3.52. The summed E-state index contributed by atoms with van der Waals surface area (Å²) in [5.74, 6) is 0.958.